The molecule has 88 valence electrons. The van der Waals surface area contributed by atoms with Gasteiger partial charge in [0.25, 0.3) is 0 Å². The number of thiazole rings is 1. The number of carbonyl (C=O) groups is 1. The quantitative estimate of drug-likeness (QED) is 0.472. The standard InChI is InChI=1S/C11H16N2O2S/c1-3-5-6-7-12-10-9(13-8-16-10)11(14)15-4-2/h3,5,8,12H,4,6-7H2,1-2H3/b5-3+. The molecule has 0 saturated heterocycles. The molecule has 0 aliphatic carbocycles. The van der Waals surface area contributed by atoms with Crippen LogP contribution >= 0.6 is 11.3 Å². The summed E-state index contributed by atoms with van der Waals surface area (Å²) in [5, 5.41) is 3.95. The van der Waals surface area contributed by atoms with Crippen LogP contribution in [-0.4, -0.2) is 24.1 Å². The number of allylic oxidation sites excluding steroid dienone is 1. The normalized spacial score (nSPS) is 10.6. The monoisotopic (exact) mass is 240 g/mol. The van der Waals surface area contributed by atoms with Crippen molar-refractivity contribution in [2.24, 2.45) is 0 Å². The number of nitrogens with zero attached hydrogens (tertiary/aromatic N) is 1. The van der Waals surface area contributed by atoms with Crippen molar-refractivity contribution in [2.75, 3.05) is 18.5 Å². The Bertz CT molecular complexity index is 361. The predicted octanol–water partition coefficient (Wildman–Crippen LogP) is 2.70. The first-order valence-corrected chi connectivity index (χ1v) is 6.13. The smallest absolute Gasteiger partial charge is 0.360 e. The van der Waals surface area contributed by atoms with Crippen LogP contribution in [0.1, 0.15) is 30.8 Å². The summed E-state index contributed by atoms with van der Waals surface area (Å²) in [5.41, 5.74) is 2.02. The van der Waals surface area contributed by atoms with E-state index in [9.17, 15) is 4.79 Å². The molecule has 0 aromatic carbocycles. The summed E-state index contributed by atoms with van der Waals surface area (Å²) in [6.07, 6.45) is 5.00. The fourth-order valence-corrected chi connectivity index (χ4v) is 1.85. The number of aromatic nitrogens is 1. The van der Waals surface area contributed by atoms with Gasteiger partial charge in [-0.1, -0.05) is 12.2 Å². The molecule has 1 N–H and O–H groups in total. The lowest BCUT2D eigenvalue weighted by molar-refractivity contribution is 0.0521. The van der Waals surface area contributed by atoms with Crippen molar-refractivity contribution in [3.05, 3.63) is 23.4 Å². The first-order valence-electron chi connectivity index (χ1n) is 5.25. The van der Waals surface area contributed by atoms with Crippen LogP contribution in [0.15, 0.2) is 17.7 Å². The summed E-state index contributed by atoms with van der Waals surface area (Å²) in [7, 11) is 0. The Morgan fingerprint density at radius 2 is 2.50 bits per heavy atom. The molecular weight excluding hydrogens is 224 g/mol. The molecule has 0 saturated carbocycles. The van der Waals surface area contributed by atoms with Gasteiger partial charge in [-0.25, -0.2) is 9.78 Å². The van der Waals surface area contributed by atoms with E-state index in [1.165, 1.54) is 11.3 Å². The number of nitrogens with one attached hydrogen (secondary N) is 1. The van der Waals surface area contributed by atoms with Crippen LogP contribution in [0.2, 0.25) is 0 Å². The molecule has 4 nitrogen and oxygen atoms in total. The van der Waals surface area contributed by atoms with Crippen molar-refractivity contribution in [3.8, 4) is 0 Å². The maximum absolute atomic E-state index is 11.5. The Balaban J connectivity index is 2.53. The minimum absolute atomic E-state index is 0.364. The highest BCUT2D eigenvalue weighted by Crippen LogP contribution is 2.20. The number of hydrogen-bond donors (Lipinski definition) is 1. The van der Waals surface area contributed by atoms with Gasteiger partial charge in [0.05, 0.1) is 12.1 Å². The lowest BCUT2D eigenvalue weighted by atomic mass is 10.4. The van der Waals surface area contributed by atoms with Crippen LogP contribution in [0, 0.1) is 0 Å². The van der Waals surface area contributed by atoms with Crippen molar-refractivity contribution in [1.82, 2.24) is 4.98 Å². The highest BCUT2D eigenvalue weighted by molar-refractivity contribution is 7.14. The Morgan fingerprint density at radius 3 is 3.19 bits per heavy atom. The molecule has 1 aromatic heterocycles. The lowest BCUT2D eigenvalue weighted by Gasteiger charge is -2.04. The second-order valence-corrected chi connectivity index (χ2v) is 3.89. The van der Waals surface area contributed by atoms with Crippen molar-refractivity contribution < 1.29 is 9.53 Å². The van der Waals surface area contributed by atoms with Crippen molar-refractivity contribution in [1.29, 1.82) is 0 Å². The van der Waals surface area contributed by atoms with Crippen LogP contribution in [0.5, 0.6) is 0 Å². The number of hydrogen-bond acceptors (Lipinski definition) is 5. The molecule has 0 bridgehead atoms. The molecule has 5 heteroatoms. The Kier molecular flexibility index (Phi) is 5.56. The van der Waals surface area contributed by atoms with E-state index in [0.717, 1.165) is 18.0 Å². The van der Waals surface area contributed by atoms with E-state index in [1.807, 2.05) is 13.0 Å². The van der Waals surface area contributed by atoms with Crippen LogP contribution in [0.3, 0.4) is 0 Å². The minimum Gasteiger partial charge on any atom is -0.461 e. The highest BCUT2D eigenvalue weighted by Gasteiger charge is 2.15. The zero-order valence-electron chi connectivity index (χ0n) is 9.53. The lowest BCUT2D eigenvalue weighted by Crippen LogP contribution is -2.09. The molecule has 0 aliphatic heterocycles. The molecule has 1 aromatic rings. The van der Waals surface area contributed by atoms with E-state index < -0.39 is 0 Å². The van der Waals surface area contributed by atoms with Gasteiger partial charge in [-0.3, -0.25) is 0 Å². The summed E-state index contributed by atoms with van der Waals surface area (Å²) in [5.74, 6) is -0.364. The van der Waals surface area contributed by atoms with Gasteiger partial charge in [0.2, 0.25) is 0 Å². The molecule has 0 amide bonds. The zero-order valence-corrected chi connectivity index (χ0v) is 10.3. The number of carbonyl (C=O) groups excluding carboxylic acids is 1. The first kappa shape index (κ1) is 12.7. The molecule has 0 fully saturated rings. The third-order valence-electron chi connectivity index (χ3n) is 1.87. The average Bonchev–Trinajstić information content (AvgIpc) is 2.73. The van der Waals surface area contributed by atoms with E-state index in [1.54, 1.807) is 12.4 Å². The van der Waals surface area contributed by atoms with Gasteiger partial charge in [0.15, 0.2) is 5.69 Å². The van der Waals surface area contributed by atoms with E-state index in [2.05, 4.69) is 16.4 Å². The van der Waals surface area contributed by atoms with Crippen LogP contribution in [0.4, 0.5) is 5.00 Å². The molecule has 0 aliphatic rings. The van der Waals surface area contributed by atoms with Gasteiger partial charge in [-0.15, -0.1) is 11.3 Å². The molecule has 1 heterocycles. The summed E-state index contributed by atoms with van der Waals surface area (Å²) < 4.78 is 4.91. The molecule has 0 spiro atoms. The van der Waals surface area contributed by atoms with E-state index in [4.69, 9.17) is 4.74 Å². The molecule has 0 unspecified atom stereocenters. The minimum atomic E-state index is -0.364. The summed E-state index contributed by atoms with van der Waals surface area (Å²) >= 11 is 1.41. The number of anilines is 1. The van der Waals surface area contributed by atoms with Crippen molar-refractivity contribution in [2.45, 2.75) is 20.3 Å². The average molecular weight is 240 g/mol. The van der Waals surface area contributed by atoms with E-state index in [-0.39, 0.29) is 5.97 Å². The largest absolute Gasteiger partial charge is 0.461 e. The number of rotatable bonds is 6. The highest BCUT2D eigenvalue weighted by atomic mass is 32.1. The predicted molar refractivity (Wildman–Crippen MR) is 66.0 cm³/mol. The van der Waals surface area contributed by atoms with Crippen molar-refractivity contribution >= 4 is 22.3 Å². The maximum Gasteiger partial charge on any atom is 0.360 e. The molecular formula is C11H16N2O2S. The fourth-order valence-electron chi connectivity index (χ4n) is 1.15. The van der Waals surface area contributed by atoms with E-state index in [0.29, 0.717) is 12.3 Å². The zero-order chi connectivity index (χ0) is 11.8. The van der Waals surface area contributed by atoms with Gasteiger partial charge in [-0.2, -0.15) is 0 Å². The second-order valence-electron chi connectivity index (χ2n) is 3.04. The molecule has 0 radical (unpaired) electrons. The molecule has 16 heavy (non-hydrogen) atoms. The topological polar surface area (TPSA) is 51.2 Å². The van der Waals surface area contributed by atoms with Crippen LogP contribution in [-0.2, 0) is 4.74 Å². The molecule has 1 rings (SSSR count). The molecule has 0 atom stereocenters. The van der Waals surface area contributed by atoms with Gasteiger partial charge in [0, 0.05) is 6.54 Å². The second kappa shape index (κ2) is 7.00. The Hall–Kier alpha value is -1.36. The Labute approximate surface area is 99.3 Å². The fraction of sp³-hybridized carbons (Fsp3) is 0.455. The third kappa shape index (κ3) is 3.66. The van der Waals surface area contributed by atoms with E-state index >= 15 is 0 Å². The van der Waals surface area contributed by atoms with Gasteiger partial charge in [0.1, 0.15) is 5.00 Å². The third-order valence-corrected chi connectivity index (χ3v) is 2.65. The van der Waals surface area contributed by atoms with Gasteiger partial charge < -0.3 is 10.1 Å². The summed E-state index contributed by atoms with van der Waals surface area (Å²) in [4.78, 5) is 15.5. The van der Waals surface area contributed by atoms with Crippen molar-refractivity contribution in [3.63, 3.8) is 0 Å². The van der Waals surface area contributed by atoms with Gasteiger partial charge >= 0.3 is 5.97 Å². The number of ether oxygens (including phenoxy) is 1. The first-order chi connectivity index (χ1) is 7.79. The summed E-state index contributed by atoms with van der Waals surface area (Å²) in [6, 6.07) is 0. The summed E-state index contributed by atoms with van der Waals surface area (Å²) in [6.45, 7) is 4.92. The van der Waals surface area contributed by atoms with Crippen LogP contribution in [0.25, 0.3) is 0 Å². The number of esters is 1. The van der Waals surface area contributed by atoms with Gasteiger partial charge in [-0.05, 0) is 20.3 Å². The van der Waals surface area contributed by atoms with Crippen LogP contribution < -0.4 is 5.32 Å². The SMILES string of the molecule is C/C=C/CCNc1scnc1C(=O)OCC. The maximum atomic E-state index is 11.5. The Morgan fingerprint density at radius 1 is 1.69 bits per heavy atom.